The number of anilines is 2. The number of hydrogen-bond donors (Lipinski definition) is 2. The maximum absolute atomic E-state index is 12.9. The zero-order chi connectivity index (χ0) is 22.9. The van der Waals surface area contributed by atoms with E-state index in [4.69, 9.17) is 62.7 Å². The van der Waals surface area contributed by atoms with E-state index in [0.29, 0.717) is 38.6 Å². The van der Waals surface area contributed by atoms with Crippen LogP contribution in [0.1, 0.15) is 25.3 Å². The first-order chi connectivity index (χ1) is 14.5. The first kappa shape index (κ1) is 24.4. The van der Waals surface area contributed by atoms with Crippen LogP contribution < -0.4 is 10.6 Å². The van der Waals surface area contributed by atoms with Crippen LogP contribution in [-0.4, -0.2) is 28.9 Å². The molecule has 0 aromatic heterocycles. The molecule has 1 saturated carbocycles. The van der Waals surface area contributed by atoms with Gasteiger partial charge in [-0.1, -0.05) is 34.8 Å². The standard InChI is InChI=1S/C21H19Cl5N2O3/c1-3-31-10(2)19(29)28-16-9-14(4-5-15(16)24)27-20(30)18-17(21(18,25)26)11-6-12(22)8-13(23)7-11/h4-10,17-18H,3H2,1-2H3,(H,27,30)(H,28,29). The molecule has 31 heavy (non-hydrogen) atoms. The number of carbonyl (C=O) groups excluding carboxylic acids is 2. The molecule has 2 aromatic carbocycles. The lowest BCUT2D eigenvalue weighted by atomic mass is 10.1. The summed E-state index contributed by atoms with van der Waals surface area (Å²) in [5, 5.41) is 6.63. The van der Waals surface area contributed by atoms with Crippen molar-refractivity contribution in [3.8, 4) is 0 Å². The quantitative estimate of drug-likeness (QED) is 0.405. The van der Waals surface area contributed by atoms with Gasteiger partial charge >= 0.3 is 0 Å². The van der Waals surface area contributed by atoms with E-state index >= 15 is 0 Å². The third-order valence-corrected chi connectivity index (χ3v) is 6.56. The van der Waals surface area contributed by atoms with Gasteiger partial charge < -0.3 is 15.4 Å². The van der Waals surface area contributed by atoms with Crippen LogP contribution in [0.5, 0.6) is 0 Å². The minimum atomic E-state index is -1.30. The van der Waals surface area contributed by atoms with Crippen LogP contribution in [0.2, 0.25) is 15.1 Å². The molecule has 10 heteroatoms. The summed E-state index contributed by atoms with van der Waals surface area (Å²) in [5.74, 6) is -1.91. The first-order valence-electron chi connectivity index (χ1n) is 9.41. The van der Waals surface area contributed by atoms with Gasteiger partial charge in [0, 0.05) is 28.3 Å². The minimum absolute atomic E-state index is 0.317. The molecule has 1 aliphatic rings. The number of carbonyl (C=O) groups is 2. The molecule has 0 saturated heterocycles. The zero-order valence-corrected chi connectivity index (χ0v) is 20.3. The average Bonchev–Trinajstić information content (AvgIpc) is 3.26. The number of ether oxygens (including phenoxy) is 1. The van der Waals surface area contributed by atoms with Gasteiger partial charge in [-0.25, -0.2) is 0 Å². The SMILES string of the molecule is CCOC(C)C(=O)Nc1cc(NC(=O)C2C(c3cc(Cl)cc(Cl)c3)C2(Cl)Cl)ccc1Cl. The molecule has 2 amide bonds. The van der Waals surface area contributed by atoms with Crippen molar-refractivity contribution >= 4 is 81.2 Å². The number of alkyl halides is 2. The van der Waals surface area contributed by atoms with Gasteiger partial charge in [0.1, 0.15) is 10.4 Å². The number of hydrogen-bond acceptors (Lipinski definition) is 3. The van der Waals surface area contributed by atoms with E-state index in [0.717, 1.165) is 0 Å². The van der Waals surface area contributed by atoms with E-state index in [2.05, 4.69) is 10.6 Å². The van der Waals surface area contributed by atoms with Gasteiger partial charge in [-0.15, -0.1) is 23.2 Å². The molecular weight excluding hydrogens is 506 g/mol. The highest BCUT2D eigenvalue weighted by molar-refractivity contribution is 6.53. The number of rotatable bonds is 7. The predicted octanol–water partition coefficient (Wildman–Crippen LogP) is 6.54. The number of benzene rings is 2. The fourth-order valence-corrected chi connectivity index (χ4v) is 4.84. The van der Waals surface area contributed by atoms with E-state index in [-0.39, 0.29) is 11.8 Å². The van der Waals surface area contributed by atoms with Gasteiger partial charge in [-0.05, 0) is 55.8 Å². The Kier molecular flexibility index (Phi) is 7.67. The second kappa shape index (κ2) is 9.74. The largest absolute Gasteiger partial charge is 0.369 e. The van der Waals surface area contributed by atoms with E-state index in [1.807, 2.05) is 0 Å². The van der Waals surface area contributed by atoms with Gasteiger partial charge in [-0.2, -0.15) is 0 Å². The van der Waals surface area contributed by atoms with Gasteiger partial charge in [0.05, 0.1) is 16.6 Å². The molecule has 3 unspecified atom stereocenters. The Morgan fingerprint density at radius 1 is 1.06 bits per heavy atom. The molecule has 0 radical (unpaired) electrons. The minimum Gasteiger partial charge on any atom is -0.369 e. The molecule has 1 fully saturated rings. The van der Waals surface area contributed by atoms with Crippen molar-refractivity contribution < 1.29 is 14.3 Å². The summed E-state index contributed by atoms with van der Waals surface area (Å²) in [6.07, 6.45) is -0.649. The molecular formula is C21H19Cl5N2O3. The average molecular weight is 525 g/mol. The van der Waals surface area contributed by atoms with Crippen molar-refractivity contribution in [3.05, 3.63) is 57.0 Å². The molecule has 5 nitrogen and oxygen atoms in total. The molecule has 166 valence electrons. The van der Waals surface area contributed by atoms with E-state index in [1.54, 1.807) is 50.2 Å². The Balaban J connectivity index is 1.74. The Morgan fingerprint density at radius 2 is 1.71 bits per heavy atom. The van der Waals surface area contributed by atoms with Gasteiger partial charge in [0.25, 0.3) is 5.91 Å². The summed E-state index contributed by atoms with van der Waals surface area (Å²) in [5.41, 5.74) is 1.44. The molecule has 3 atom stereocenters. The Morgan fingerprint density at radius 3 is 2.32 bits per heavy atom. The summed E-state index contributed by atoms with van der Waals surface area (Å²) < 4.78 is 3.97. The van der Waals surface area contributed by atoms with Gasteiger partial charge in [0.15, 0.2) is 0 Å². The van der Waals surface area contributed by atoms with Gasteiger partial charge in [0.2, 0.25) is 5.91 Å². The fourth-order valence-electron chi connectivity index (χ4n) is 3.30. The molecule has 0 aliphatic heterocycles. The van der Waals surface area contributed by atoms with Crippen molar-refractivity contribution in [1.82, 2.24) is 0 Å². The number of nitrogens with one attached hydrogen (secondary N) is 2. The molecule has 1 aliphatic carbocycles. The smallest absolute Gasteiger partial charge is 0.253 e. The number of amides is 2. The van der Waals surface area contributed by atoms with Crippen LogP contribution in [-0.2, 0) is 14.3 Å². The third kappa shape index (κ3) is 5.59. The molecule has 0 bridgehead atoms. The Hall–Kier alpha value is -1.21. The summed E-state index contributed by atoms with van der Waals surface area (Å²) in [7, 11) is 0. The lowest BCUT2D eigenvalue weighted by Gasteiger charge is -2.14. The Bertz CT molecular complexity index is 994. The topological polar surface area (TPSA) is 67.4 Å². The molecule has 0 spiro atoms. The van der Waals surface area contributed by atoms with Crippen molar-refractivity contribution in [2.75, 3.05) is 17.2 Å². The van der Waals surface area contributed by atoms with E-state index in [9.17, 15) is 9.59 Å². The van der Waals surface area contributed by atoms with Crippen LogP contribution in [0.25, 0.3) is 0 Å². The maximum atomic E-state index is 12.9. The monoisotopic (exact) mass is 522 g/mol. The highest BCUT2D eigenvalue weighted by atomic mass is 35.5. The predicted molar refractivity (Wildman–Crippen MR) is 127 cm³/mol. The van der Waals surface area contributed by atoms with Crippen LogP contribution in [0.4, 0.5) is 11.4 Å². The van der Waals surface area contributed by atoms with Crippen molar-refractivity contribution in [2.45, 2.75) is 30.2 Å². The molecule has 2 N–H and O–H groups in total. The lowest BCUT2D eigenvalue weighted by Crippen LogP contribution is -2.27. The molecule has 2 aromatic rings. The fraction of sp³-hybridized carbons (Fsp3) is 0.333. The highest BCUT2D eigenvalue weighted by Crippen LogP contribution is 2.65. The summed E-state index contributed by atoms with van der Waals surface area (Å²) in [6, 6.07) is 9.67. The summed E-state index contributed by atoms with van der Waals surface area (Å²) in [4.78, 5) is 25.1. The van der Waals surface area contributed by atoms with Crippen molar-refractivity contribution in [3.63, 3.8) is 0 Å². The second-order valence-electron chi connectivity index (χ2n) is 7.10. The second-order valence-corrected chi connectivity index (χ2v) is 9.83. The van der Waals surface area contributed by atoms with Crippen molar-refractivity contribution in [2.24, 2.45) is 5.92 Å². The van der Waals surface area contributed by atoms with Crippen LogP contribution in [0.3, 0.4) is 0 Å². The van der Waals surface area contributed by atoms with E-state index in [1.165, 1.54) is 0 Å². The van der Waals surface area contributed by atoms with E-state index < -0.39 is 22.3 Å². The maximum Gasteiger partial charge on any atom is 0.253 e. The Labute approximate surface area is 205 Å². The molecule has 0 heterocycles. The number of halogens is 5. The first-order valence-corrected chi connectivity index (χ1v) is 11.3. The van der Waals surface area contributed by atoms with Crippen LogP contribution in [0, 0.1) is 5.92 Å². The zero-order valence-electron chi connectivity index (χ0n) is 16.5. The molecule has 3 rings (SSSR count). The van der Waals surface area contributed by atoms with Crippen molar-refractivity contribution in [1.29, 1.82) is 0 Å². The summed E-state index contributed by atoms with van der Waals surface area (Å²) in [6.45, 7) is 3.83. The van der Waals surface area contributed by atoms with Gasteiger partial charge in [-0.3, -0.25) is 9.59 Å². The van der Waals surface area contributed by atoms with Crippen LogP contribution in [0.15, 0.2) is 36.4 Å². The highest BCUT2D eigenvalue weighted by Gasteiger charge is 2.67. The lowest BCUT2D eigenvalue weighted by molar-refractivity contribution is -0.126. The third-order valence-electron chi connectivity index (χ3n) is 4.86. The van der Waals surface area contributed by atoms with Crippen LogP contribution >= 0.6 is 58.0 Å². The summed E-state index contributed by atoms with van der Waals surface area (Å²) >= 11 is 31.1. The normalized spacial score (nSPS) is 20.1.